The zero-order valence-electron chi connectivity index (χ0n) is 19.9. The van der Waals surface area contributed by atoms with Gasteiger partial charge in [0.1, 0.15) is 5.75 Å². The third-order valence-electron chi connectivity index (χ3n) is 6.03. The summed E-state index contributed by atoms with van der Waals surface area (Å²) < 4.78 is 6.18. The summed E-state index contributed by atoms with van der Waals surface area (Å²) in [5.41, 5.74) is 8.14. The van der Waals surface area contributed by atoms with Crippen molar-refractivity contribution in [1.29, 1.82) is 0 Å². The molecular weight excluding hydrogens is 370 g/mol. The van der Waals surface area contributed by atoms with Gasteiger partial charge in [0.05, 0.1) is 6.61 Å². The number of benzene rings is 2. The third-order valence-corrected chi connectivity index (χ3v) is 6.03. The Morgan fingerprint density at radius 2 is 1.70 bits per heavy atom. The molecule has 0 radical (unpaired) electrons. The van der Waals surface area contributed by atoms with Crippen LogP contribution in [0.3, 0.4) is 0 Å². The number of anilines is 1. The molecule has 1 atom stereocenters. The molecule has 3 heteroatoms. The molecule has 1 heterocycles. The topological polar surface area (TPSA) is 38.3 Å². The highest BCUT2D eigenvalue weighted by molar-refractivity contribution is 5.93. The normalized spacial score (nSPS) is 15.8. The van der Waals surface area contributed by atoms with Crippen LogP contribution in [0.4, 0.5) is 5.69 Å². The molecule has 2 aromatic carbocycles. The summed E-state index contributed by atoms with van der Waals surface area (Å²) in [6.45, 7) is 17.7. The van der Waals surface area contributed by atoms with Gasteiger partial charge in [-0.05, 0) is 66.3 Å². The number of nitrogens with one attached hydrogen (secondary N) is 1. The number of hydrogen-bond acceptors (Lipinski definition) is 2. The van der Waals surface area contributed by atoms with E-state index in [0.717, 1.165) is 34.5 Å². The smallest absolute Gasteiger partial charge is 0.224 e. The number of amides is 1. The monoisotopic (exact) mass is 407 g/mol. The van der Waals surface area contributed by atoms with E-state index in [1.54, 1.807) is 0 Å². The second-order valence-corrected chi connectivity index (χ2v) is 10.5. The van der Waals surface area contributed by atoms with Crippen LogP contribution in [-0.2, 0) is 11.2 Å². The Bertz CT molecular complexity index is 933. The van der Waals surface area contributed by atoms with Crippen molar-refractivity contribution in [3.63, 3.8) is 0 Å². The van der Waals surface area contributed by atoms with Gasteiger partial charge in [0.25, 0.3) is 0 Å². The molecule has 0 spiro atoms. The molecule has 1 N–H and O–H groups in total. The van der Waals surface area contributed by atoms with Crippen LogP contribution < -0.4 is 10.1 Å². The summed E-state index contributed by atoms with van der Waals surface area (Å²) in [7, 11) is 0. The standard InChI is InChI=1S/C27H37NO2/c1-16(2)13-20-9-11-21(12-10-20)22-15-30-26-18(4)17(3)25(19(5)24(22)26)28-23(29)14-27(6,7)8/h9-12,16,22H,13-15H2,1-8H3,(H,28,29). The molecule has 0 bridgehead atoms. The van der Waals surface area contributed by atoms with Gasteiger partial charge in [0.2, 0.25) is 5.91 Å². The van der Waals surface area contributed by atoms with Crippen molar-refractivity contribution in [1.82, 2.24) is 0 Å². The summed E-state index contributed by atoms with van der Waals surface area (Å²) in [5, 5.41) is 3.21. The quantitative estimate of drug-likeness (QED) is 0.598. The van der Waals surface area contributed by atoms with E-state index in [-0.39, 0.29) is 17.2 Å². The third kappa shape index (κ3) is 4.71. The maximum absolute atomic E-state index is 12.7. The SMILES string of the molecule is Cc1c(C)c2c(c(C)c1NC(=O)CC(C)(C)C)C(c1ccc(CC(C)C)cc1)CO2. The van der Waals surface area contributed by atoms with E-state index in [1.165, 1.54) is 16.7 Å². The van der Waals surface area contributed by atoms with Gasteiger partial charge in [0, 0.05) is 23.6 Å². The fourth-order valence-electron chi connectivity index (χ4n) is 4.47. The summed E-state index contributed by atoms with van der Waals surface area (Å²) in [4.78, 5) is 12.7. The number of carbonyl (C=O) groups excluding carboxylic acids is 1. The average molecular weight is 408 g/mol. The highest BCUT2D eigenvalue weighted by Gasteiger charge is 2.32. The van der Waals surface area contributed by atoms with Crippen molar-refractivity contribution in [2.75, 3.05) is 11.9 Å². The van der Waals surface area contributed by atoms with Crippen LogP contribution in [-0.4, -0.2) is 12.5 Å². The lowest BCUT2D eigenvalue weighted by Gasteiger charge is -2.22. The van der Waals surface area contributed by atoms with Gasteiger partial charge < -0.3 is 10.1 Å². The van der Waals surface area contributed by atoms with Crippen molar-refractivity contribution in [2.45, 2.75) is 74.1 Å². The van der Waals surface area contributed by atoms with Crippen LogP contribution in [0.2, 0.25) is 0 Å². The van der Waals surface area contributed by atoms with Gasteiger partial charge >= 0.3 is 0 Å². The molecule has 3 nitrogen and oxygen atoms in total. The fraction of sp³-hybridized carbons (Fsp3) is 0.519. The first-order valence-electron chi connectivity index (χ1n) is 11.1. The number of carbonyl (C=O) groups is 1. The molecule has 0 aliphatic carbocycles. The van der Waals surface area contributed by atoms with Crippen LogP contribution in [0.15, 0.2) is 24.3 Å². The maximum Gasteiger partial charge on any atom is 0.224 e. The van der Waals surface area contributed by atoms with Gasteiger partial charge in [-0.2, -0.15) is 0 Å². The average Bonchev–Trinajstić information content (AvgIpc) is 3.07. The highest BCUT2D eigenvalue weighted by Crippen LogP contribution is 2.46. The van der Waals surface area contributed by atoms with Crippen LogP contribution in [0.1, 0.15) is 80.3 Å². The Balaban J connectivity index is 1.96. The molecule has 1 aliphatic heterocycles. The van der Waals surface area contributed by atoms with Crippen LogP contribution >= 0.6 is 0 Å². The lowest BCUT2D eigenvalue weighted by molar-refractivity contribution is -0.117. The molecule has 0 aromatic heterocycles. The van der Waals surface area contributed by atoms with Crippen molar-refractivity contribution in [2.24, 2.45) is 11.3 Å². The summed E-state index contributed by atoms with van der Waals surface area (Å²) in [6.07, 6.45) is 1.60. The van der Waals surface area contributed by atoms with Crippen LogP contribution in [0.5, 0.6) is 5.75 Å². The molecule has 0 fully saturated rings. The molecule has 0 saturated carbocycles. The van der Waals surface area contributed by atoms with Crippen LogP contribution in [0.25, 0.3) is 0 Å². The van der Waals surface area contributed by atoms with Gasteiger partial charge in [-0.15, -0.1) is 0 Å². The number of rotatable bonds is 5. The fourth-order valence-corrected chi connectivity index (χ4v) is 4.47. The minimum Gasteiger partial charge on any atom is -0.492 e. The number of fused-ring (bicyclic) bond motifs is 1. The zero-order valence-corrected chi connectivity index (χ0v) is 19.9. The van der Waals surface area contributed by atoms with E-state index < -0.39 is 0 Å². The Morgan fingerprint density at radius 1 is 1.07 bits per heavy atom. The maximum atomic E-state index is 12.7. The van der Waals surface area contributed by atoms with E-state index in [4.69, 9.17) is 4.74 Å². The Kier molecular flexibility index (Phi) is 6.31. The van der Waals surface area contributed by atoms with Crippen LogP contribution in [0, 0.1) is 32.1 Å². The van der Waals surface area contributed by atoms with Crippen molar-refractivity contribution >= 4 is 11.6 Å². The summed E-state index contributed by atoms with van der Waals surface area (Å²) >= 11 is 0. The number of ether oxygens (including phenoxy) is 1. The Morgan fingerprint density at radius 3 is 2.27 bits per heavy atom. The molecule has 0 saturated heterocycles. The molecular formula is C27H37NO2. The first-order valence-corrected chi connectivity index (χ1v) is 11.1. The van der Waals surface area contributed by atoms with E-state index in [2.05, 4.69) is 85.0 Å². The molecule has 1 unspecified atom stereocenters. The second-order valence-electron chi connectivity index (χ2n) is 10.5. The predicted octanol–water partition coefficient (Wildman–Crippen LogP) is 6.71. The van der Waals surface area contributed by atoms with Gasteiger partial charge in [-0.3, -0.25) is 4.79 Å². The lowest BCUT2D eigenvalue weighted by Crippen LogP contribution is -2.21. The second kappa shape index (κ2) is 8.45. The van der Waals surface area contributed by atoms with Gasteiger partial charge in [0.15, 0.2) is 0 Å². The Hall–Kier alpha value is -2.29. The minimum absolute atomic E-state index is 0.0406. The van der Waals surface area contributed by atoms with Gasteiger partial charge in [-0.25, -0.2) is 0 Å². The molecule has 162 valence electrons. The zero-order chi connectivity index (χ0) is 22.2. The summed E-state index contributed by atoms with van der Waals surface area (Å²) in [6, 6.07) is 8.98. The van der Waals surface area contributed by atoms with Crippen molar-refractivity contribution in [3.05, 3.63) is 57.6 Å². The predicted molar refractivity (Wildman–Crippen MR) is 126 cm³/mol. The van der Waals surface area contributed by atoms with Gasteiger partial charge in [-0.1, -0.05) is 58.9 Å². The molecule has 1 amide bonds. The van der Waals surface area contributed by atoms with E-state index in [1.807, 2.05) is 0 Å². The van der Waals surface area contributed by atoms with E-state index in [9.17, 15) is 4.79 Å². The van der Waals surface area contributed by atoms with E-state index >= 15 is 0 Å². The highest BCUT2D eigenvalue weighted by atomic mass is 16.5. The van der Waals surface area contributed by atoms with E-state index in [0.29, 0.717) is 18.9 Å². The minimum atomic E-state index is -0.0406. The first kappa shape index (κ1) is 22.4. The largest absolute Gasteiger partial charge is 0.492 e. The molecule has 1 aliphatic rings. The molecule has 30 heavy (non-hydrogen) atoms. The lowest BCUT2D eigenvalue weighted by atomic mass is 9.85. The molecule has 3 rings (SSSR count). The van der Waals surface area contributed by atoms with Crippen molar-refractivity contribution in [3.8, 4) is 5.75 Å². The first-order chi connectivity index (χ1) is 14.0. The molecule has 2 aromatic rings. The van der Waals surface area contributed by atoms with Crippen molar-refractivity contribution < 1.29 is 9.53 Å². The summed E-state index contributed by atoms with van der Waals surface area (Å²) in [5.74, 6) is 1.92. The number of hydrogen-bond donors (Lipinski definition) is 1. The Labute approximate surface area is 182 Å².